The maximum atomic E-state index is 2.57. The van der Waals surface area contributed by atoms with Gasteiger partial charge in [0.1, 0.15) is 0 Å². The van der Waals surface area contributed by atoms with E-state index in [2.05, 4.69) is 80.6 Å². The molecular weight excluding hydrogens is 519 g/mol. The second-order valence-corrected chi connectivity index (χ2v) is 32.4. The second-order valence-electron chi connectivity index (χ2n) is 8.40. The van der Waals surface area contributed by atoms with Crippen LogP contribution in [0.5, 0.6) is 0 Å². The molecule has 0 unspecified atom stereocenters. The molecule has 0 fully saturated rings. The zero-order valence-corrected chi connectivity index (χ0v) is 22.2. The standard InChI is InChI=1S/C13H9.C8H19Si.C5H5.Hf/c1-3-7-12-10(5-1)9-11-6-2-4-8-13(11)12;1-3-5-7-9-8-6-4-2;1-2-4-5-3-1;/h1-5,7-8H,9H2;9H,3-8H2,1-2H3;1-5H;. The van der Waals surface area contributed by atoms with E-state index in [-0.39, 0.29) is 0 Å². The van der Waals surface area contributed by atoms with E-state index in [0.29, 0.717) is 0 Å². The average molecular weight is 552 g/mol. The first kappa shape index (κ1) is 20.3. The first-order chi connectivity index (χ1) is 13.8. The number of unbranched alkanes of at least 4 members (excludes halogenated alkanes) is 2. The van der Waals surface area contributed by atoms with Crippen molar-refractivity contribution in [2.75, 3.05) is 0 Å². The van der Waals surface area contributed by atoms with E-state index >= 15 is 0 Å². The Kier molecular flexibility index (Phi) is 7.01. The van der Waals surface area contributed by atoms with E-state index in [0.717, 1.165) is 3.67 Å². The van der Waals surface area contributed by atoms with Crippen molar-refractivity contribution < 1.29 is 20.6 Å². The van der Waals surface area contributed by atoms with Gasteiger partial charge in [0.2, 0.25) is 0 Å². The Labute approximate surface area is 179 Å². The quantitative estimate of drug-likeness (QED) is 0.258. The minimum atomic E-state index is -1.98. The Morgan fingerprint density at radius 1 is 0.857 bits per heavy atom. The molecule has 0 saturated carbocycles. The summed E-state index contributed by atoms with van der Waals surface area (Å²) in [7, 11) is 0. The third-order valence-electron chi connectivity index (χ3n) is 6.52. The zero-order chi connectivity index (χ0) is 19.3. The van der Waals surface area contributed by atoms with Gasteiger partial charge in [-0.25, -0.2) is 0 Å². The van der Waals surface area contributed by atoms with Gasteiger partial charge in [-0.3, -0.25) is 0 Å². The number of allylic oxidation sites excluding steroid dienone is 4. The molecule has 2 aliphatic rings. The van der Waals surface area contributed by atoms with Crippen LogP contribution in [-0.2, 0) is 27.0 Å². The molecule has 0 aromatic heterocycles. The van der Waals surface area contributed by atoms with Gasteiger partial charge in [0.05, 0.1) is 0 Å². The van der Waals surface area contributed by atoms with E-state index in [9.17, 15) is 0 Å². The molecule has 0 heterocycles. The molecule has 0 N–H and O–H groups in total. The third-order valence-corrected chi connectivity index (χ3v) is 38.9. The molecule has 28 heavy (non-hydrogen) atoms. The second kappa shape index (κ2) is 9.67. The summed E-state index contributed by atoms with van der Waals surface area (Å²) in [6.45, 7) is 4.75. The first-order valence-corrected chi connectivity index (χ1v) is 23.6. The van der Waals surface area contributed by atoms with Crippen molar-refractivity contribution >= 4 is 9.30 Å². The molecule has 0 amide bonds. The van der Waals surface area contributed by atoms with Crippen molar-refractivity contribution in [2.45, 2.75) is 61.7 Å². The fourth-order valence-corrected chi connectivity index (χ4v) is 41.2. The van der Waals surface area contributed by atoms with E-state index < -0.39 is 26.6 Å². The number of benzene rings is 2. The number of hydrogen-bond acceptors (Lipinski definition) is 0. The topological polar surface area (TPSA) is 0 Å². The Morgan fingerprint density at radius 2 is 1.54 bits per heavy atom. The van der Waals surface area contributed by atoms with Crippen LogP contribution >= 0.6 is 0 Å². The van der Waals surface area contributed by atoms with Gasteiger partial charge < -0.3 is 0 Å². The van der Waals surface area contributed by atoms with E-state index in [1.54, 1.807) is 28.8 Å². The van der Waals surface area contributed by atoms with Gasteiger partial charge in [0.25, 0.3) is 0 Å². The van der Waals surface area contributed by atoms with Crippen LogP contribution in [0.25, 0.3) is 11.1 Å². The zero-order valence-electron chi connectivity index (χ0n) is 17.5. The Bertz CT molecular complexity index is 846. The van der Waals surface area contributed by atoms with Crippen molar-refractivity contribution in [3.05, 3.63) is 77.9 Å². The molecule has 4 rings (SSSR count). The summed E-state index contributed by atoms with van der Waals surface area (Å²) in [6.07, 6.45) is 16.6. The number of fused-ring (bicyclic) bond motifs is 3. The molecule has 2 aromatic rings. The minimum absolute atomic E-state index is 0.686. The number of rotatable bonds is 9. The molecule has 2 aromatic carbocycles. The van der Waals surface area contributed by atoms with Crippen LogP contribution in [0, 0.1) is 0 Å². The van der Waals surface area contributed by atoms with E-state index in [1.165, 1.54) is 37.7 Å². The summed E-state index contributed by atoms with van der Waals surface area (Å²) in [5.41, 5.74) is 6.33. The Balaban J connectivity index is 1.75. The summed E-state index contributed by atoms with van der Waals surface area (Å²) in [6, 6.07) is 19.7. The van der Waals surface area contributed by atoms with Gasteiger partial charge in [0.15, 0.2) is 0 Å². The van der Waals surface area contributed by atoms with Crippen molar-refractivity contribution in [1.82, 2.24) is 0 Å². The normalized spacial score (nSPS) is 14.7. The third kappa shape index (κ3) is 4.14. The molecule has 145 valence electrons. The summed E-state index contributed by atoms with van der Waals surface area (Å²) in [5, 5.41) is 0. The molecule has 0 spiro atoms. The van der Waals surface area contributed by atoms with Gasteiger partial charge in [-0.2, -0.15) is 0 Å². The summed E-state index contributed by atoms with van der Waals surface area (Å²) in [5.74, 6) is -0.686. The molecule has 0 radical (unpaired) electrons. The molecule has 0 aliphatic heterocycles. The predicted octanol–water partition coefficient (Wildman–Crippen LogP) is 6.74. The summed E-state index contributed by atoms with van der Waals surface area (Å²) >= 11 is -1.98. The van der Waals surface area contributed by atoms with Crippen LogP contribution in [-0.4, -0.2) is 5.98 Å². The first-order valence-electron chi connectivity index (χ1n) is 11.3. The average Bonchev–Trinajstić information content (AvgIpc) is 3.38. The van der Waals surface area contributed by atoms with Crippen LogP contribution in [0.4, 0.5) is 0 Å². The van der Waals surface area contributed by atoms with Crippen LogP contribution in [0.2, 0.25) is 15.8 Å². The maximum absolute atomic E-state index is 2.57. The molecule has 0 bridgehead atoms. The van der Waals surface area contributed by atoms with Crippen LogP contribution < -0.4 is 3.32 Å². The molecule has 0 saturated heterocycles. The van der Waals surface area contributed by atoms with Gasteiger partial charge in [-0.05, 0) is 0 Å². The van der Waals surface area contributed by atoms with E-state index in [1.807, 2.05) is 3.32 Å². The number of hydrogen-bond donors (Lipinski definition) is 0. The van der Waals surface area contributed by atoms with Gasteiger partial charge >= 0.3 is 181 Å². The summed E-state index contributed by atoms with van der Waals surface area (Å²) < 4.78 is 2.72. The molecule has 2 aliphatic carbocycles. The molecule has 0 nitrogen and oxygen atoms in total. The Morgan fingerprint density at radius 3 is 2.25 bits per heavy atom. The summed E-state index contributed by atoms with van der Waals surface area (Å²) in [4.78, 5) is 0. The van der Waals surface area contributed by atoms with Crippen molar-refractivity contribution in [2.24, 2.45) is 0 Å². The fourth-order valence-electron chi connectivity index (χ4n) is 5.09. The predicted molar refractivity (Wildman–Crippen MR) is 123 cm³/mol. The van der Waals surface area contributed by atoms with Crippen LogP contribution in [0.3, 0.4) is 0 Å². The van der Waals surface area contributed by atoms with Crippen molar-refractivity contribution in [3.8, 4) is 11.1 Å². The fraction of sp³-hybridized carbons (Fsp3) is 0.385. The SMILES string of the molecule is CCCC[SiH](CCCC)[Hf]([c]1cccc2c1Cc1ccccc1-2)[CH]1C=CC=C1. The van der Waals surface area contributed by atoms with Crippen LogP contribution in [0.15, 0.2) is 66.8 Å². The molecule has 0 atom stereocenters. The molecule has 2 heteroatoms. The van der Waals surface area contributed by atoms with Gasteiger partial charge in [-0.1, -0.05) is 0 Å². The van der Waals surface area contributed by atoms with Gasteiger partial charge in [0, 0.05) is 0 Å². The monoisotopic (exact) mass is 553 g/mol. The Hall–Kier alpha value is -0.993. The van der Waals surface area contributed by atoms with E-state index in [4.69, 9.17) is 0 Å². The van der Waals surface area contributed by atoms with Crippen LogP contribution in [0.1, 0.15) is 50.7 Å². The van der Waals surface area contributed by atoms with Crippen molar-refractivity contribution in [1.29, 1.82) is 0 Å². The van der Waals surface area contributed by atoms with Gasteiger partial charge in [-0.15, -0.1) is 0 Å². The van der Waals surface area contributed by atoms with Crippen molar-refractivity contribution in [3.63, 3.8) is 0 Å². The molecular formula is C26H33HfSi.